The van der Waals surface area contributed by atoms with E-state index < -0.39 is 20.3 Å². The summed E-state index contributed by atoms with van der Waals surface area (Å²) in [5, 5.41) is 9.28. The Balaban J connectivity index is 1.88. The van der Waals surface area contributed by atoms with Gasteiger partial charge in [-0.15, -0.1) is 0 Å². The molecule has 0 saturated carbocycles. The SMILES string of the molecule is COc1ncnc2c1[nH]c(=O)n2-c1cc(S(=O)(=O)C(C)(C)c2ccccc2OCCO)ccc1Cl. The number of methoxy groups -OCH3 is 1. The standard InChI is InChI=1S/C23H23ClN4O6S/c1-23(2,15-6-4-5-7-18(15)34-11-10-29)35(31,32)14-8-9-16(24)17(12-14)28-20-19(27-22(28)30)21(33-3)26-13-25-20/h4-9,12-13,29H,10-11H2,1-3H3,(H,27,30). The summed E-state index contributed by atoms with van der Waals surface area (Å²) in [5.41, 5.74) is 0.397. The van der Waals surface area contributed by atoms with Crippen LogP contribution in [0.4, 0.5) is 0 Å². The molecule has 2 aromatic carbocycles. The zero-order chi connectivity index (χ0) is 25.4. The lowest BCUT2D eigenvalue weighted by Crippen LogP contribution is -2.30. The van der Waals surface area contributed by atoms with Crippen LogP contribution in [0.2, 0.25) is 5.02 Å². The van der Waals surface area contributed by atoms with Crippen molar-refractivity contribution in [3.63, 3.8) is 0 Å². The third-order valence-electron chi connectivity index (χ3n) is 5.66. The van der Waals surface area contributed by atoms with Crippen LogP contribution < -0.4 is 15.2 Å². The molecule has 0 radical (unpaired) electrons. The van der Waals surface area contributed by atoms with Crippen molar-refractivity contribution in [1.29, 1.82) is 0 Å². The highest BCUT2D eigenvalue weighted by atomic mass is 35.5. The van der Waals surface area contributed by atoms with Crippen LogP contribution >= 0.6 is 11.6 Å². The molecule has 0 aliphatic carbocycles. The molecular formula is C23H23ClN4O6S. The van der Waals surface area contributed by atoms with Gasteiger partial charge in [0.25, 0.3) is 0 Å². The number of aliphatic hydroxyl groups excluding tert-OH is 1. The zero-order valence-electron chi connectivity index (χ0n) is 19.1. The molecule has 0 atom stereocenters. The summed E-state index contributed by atoms with van der Waals surface area (Å²) in [6.45, 7) is 2.93. The summed E-state index contributed by atoms with van der Waals surface area (Å²) in [7, 11) is -2.63. The molecule has 10 nitrogen and oxygen atoms in total. The molecule has 0 spiro atoms. The summed E-state index contributed by atoms with van der Waals surface area (Å²) in [6, 6.07) is 10.9. The molecule has 4 rings (SSSR count). The van der Waals surface area contributed by atoms with Crippen LogP contribution in [0.5, 0.6) is 11.6 Å². The molecule has 0 fully saturated rings. The quantitative estimate of drug-likeness (QED) is 0.363. The molecule has 2 aromatic heterocycles. The van der Waals surface area contributed by atoms with Crippen molar-refractivity contribution in [2.75, 3.05) is 20.3 Å². The number of halogens is 1. The highest BCUT2D eigenvalue weighted by molar-refractivity contribution is 7.92. The van der Waals surface area contributed by atoms with Gasteiger partial charge in [-0.25, -0.2) is 22.8 Å². The van der Waals surface area contributed by atoms with Gasteiger partial charge in [-0.1, -0.05) is 29.8 Å². The van der Waals surface area contributed by atoms with Gasteiger partial charge >= 0.3 is 5.69 Å². The van der Waals surface area contributed by atoms with Crippen molar-refractivity contribution >= 4 is 32.6 Å². The first kappa shape index (κ1) is 24.7. The lowest BCUT2D eigenvalue weighted by Gasteiger charge is -2.28. The minimum atomic E-state index is -4.03. The van der Waals surface area contributed by atoms with Crippen LogP contribution in [-0.4, -0.2) is 53.4 Å². The van der Waals surface area contributed by atoms with Crippen molar-refractivity contribution in [3.8, 4) is 17.3 Å². The molecular weight excluding hydrogens is 496 g/mol. The Morgan fingerprint density at radius 1 is 1.17 bits per heavy atom. The largest absolute Gasteiger partial charge is 0.491 e. The number of aliphatic hydroxyl groups is 1. The van der Waals surface area contributed by atoms with E-state index in [1.54, 1.807) is 38.1 Å². The number of sulfone groups is 1. The second kappa shape index (κ2) is 9.33. The first-order valence-corrected chi connectivity index (χ1v) is 12.4. The van der Waals surface area contributed by atoms with E-state index in [-0.39, 0.29) is 45.9 Å². The average molecular weight is 519 g/mol. The molecule has 0 aliphatic rings. The molecule has 0 bridgehead atoms. The molecule has 0 saturated heterocycles. The summed E-state index contributed by atoms with van der Waals surface area (Å²) < 4.78 is 38.3. The van der Waals surface area contributed by atoms with Crippen LogP contribution in [0.25, 0.3) is 16.9 Å². The topological polar surface area (TPSA) is 136 Å². The number of para-hydroxylation sites is 1. The van der Waals surface area contributed by atoms with Gasteiger partial charge < -0.3 is 14.6 Å². The fourth-order valence-electron chi connectivity index (χ4n) is 3.79. The molecule has 0 amide bonds. The fraction of sp³-hybridized carbons (Fsp3) is 0.261. The maximum Gasteiger partial charge on any atom is 0.332 e. The van der Waals surface area contributed by atoms with E-state index in [2.05, 4.69) is 15.0 Å². The Kier molecular flexibility index (Phi) is 6.58. The number of benzene rings is 2. The van der Waals surface area contributed by atoms with Crippen molar-refractivity contribution in [3.05, 3.63) is 69.9 Å². The maximum atomic E-state index is 13.9. The van der Waals surface area contributed by atoms with Crippen LogP contribution in [-0.2, 0) is 14.6 Å². The fourth-order valence-corrected chi connectivity index (χ4v) is 5.56. The van der Waals surface area contributed by atoms with E-state index in [9.17, 15) is 13.2 Å². The highest BCUT2D eigenvalue weighted by Gasteiger charge is 2.40. The van der Waals surface area contributed by atoms with Gasteiger partial charge in [0, 0.05) is 5.56 Å². The van der Waals surface area contributed by atoms with Crippen LogP contribution in [0.1, 0.15) is 19.4 Å². The van der Waals surface area contributed by atoms with Crippen molar-refractivity contribution in [2.24, 2.45) is 0 Å². The monoisotopic (exact) mass is 518 g/mol. The Bertz CT molecular complexity index is 1560. The van der Waals surface area contributed by atoms with Gasteiger partial charge in [0.05, 0.1) is 34.1 Å². The molecule has 12 heteroatoms. The second-order valence-corrected chi connectivity index (χ2v) is 10.9. The van der Waals surface area contributed by atoms with E-state index in [1.807, 2.05) is 0 Å². The number of imidazole rings is 1. The number of rotatable bonds is 8. The summed E-state index contributed by atoms with van der Waals surface area (Å²) in [6.07, 6.45) is 1.23. The number of ether oxygens (including phenoxy) is 2. The first-order chi connectivity index (χ1) is 16.6. The number of hydrogen-bond acceptors (Lipinski definition) is 8. The zero-order valence-corrected chi connectivity index (χ0v) is 20.7. The van der Waals surface area contributed by atoms with E-state index >= 15 is 0 Å². The van der Waals surface area contributed by atoms with Crippen molar-refractivity contribution in [2.45, 2.75) is 23.5 Å². The molecule has 2 heterocycles. The minimum absolute atomic E-state index is 0.0209. The number of H-pyrrole nitrogens is 1. The molecule has 184 valence electrons. The third kappa shape index (κ3) is 4.15. The Labute approximate surface area is 206 Å². The van der Waals surface area contributed by atoms with Gasteiger partial charge in [-0.05, 0) is 38.1 Å². The summed E-state index contributed by atoms with van der Waals surface area (Å²) in [5.74, 6) is 0.507. The summed E-state index contributed by atoms with van der Waals surface area (Å²) >= 11 is 6.41. The van der Waals surface area contributed by atoms with E-state index in [4.69, 9.17) is 26.2 Å². The lowest BCUT2D eigenvalue weighted by atomic mass is 10.0. The van der Waals surface area contributed by atoms with Crippen molar-refractivity contribution < 1.29 is 23.0 Å². The molecule has 4 aromatic rings. The molecule has 0 aliphatic heterocycles. The Morgan fingerprint density at radius 2 is 1.91 bits per heavy atom. The average Bonchev–Trinajstić information content (AvgIpc) is 3.18. The van der Waals surface area contributed by atoms with Crippen LogP contribution in [0.15, 0.2) is 58.5 Å². The van der Waals surface area contributed by atoms with Gasteiger partial charge in [0.15, 0.2) is 15.5 Å². The van der Waals surface area contributed by atoms with Gasteiger partial charge in [0.1, 0.15) is 24.2 Å². The van der Waals surface area contributed by atoms with E-state index in [0.29, 0.717) is 11.3 Å². The third-order valence-corrected chi connectivity index (χ3v) is 8.42. The number of hydrogen-bond donors (Lipinski definition) is 2. The number of fused-ring (bicyclic) bond motifs is 1. The van der Waals surface area contributed by atoms with Gasteiger partial charge in [-0.3, -0.25) is 4.98 Å². The molecule has 35 heavy (non-hydrogen) atoms. The normalized spacial score (nSPS) is 12.1. The smallest absolute Gasteiger partial charge is 0.332 e. The maximum absolute atomic E-state index is 13.9. The number of aromatic amines is 1. The predicted molar refractivity (Wildman–Crippen MR) is 130 cm³/mol. The number of nitrogens with zero attached hydrogens (tertiary/aromatic N) is 3. The van der Waals surface area contributed by atoms with Crippen LogP contribution in [0, 0.1) is 0 Å². The molecule has 0 unspecified atom stereocenters. The lowest BCUT2D eigenvalue weighted by molar-refractivity contribution is 0.199. The van der Waals surface area contributed by atoms with Crippen molar-refractivity contribution in [1.82, 2.24) is 19.5 Å². The van der Waals surface area contributed by atoms with Crippen LogP contribution in [0.3, 0.4) is 0 Å². The predicted octanol–water partition coefficient (Wildman–Crippen LogP) is 2.85. The molecule has 2 N–H and O–H groups in total. The van der Waals surface area contributed by atoms with Gasteiger partial charge in [0.2, 0.25) is 5.88 Å². The second-order valence-electron chi connectivity index (χ2n) is 8.04. The number of aromatic nitrogens is 4. The highest BCUT2D eigenvalue weighted by Crippen LogP contribution is 2.40. The first-order valence-electron chi connectivity index (χ1n) is 10.5. The van der Waals surface area contributed by atoms with E-state index in [1.165, 1.54) is 36.2 Å². The van der Waals surface area contributed by atoms with E-state index in [0.717, 1.165) is 0 Å². The summed E-state index contributed by atoms with van der Waals surface area (Å²) in [4.78, 5) is 23.5. The van der Waals surface area contributed by atoms with Gasteiger partial charge in [-0.2, -0.15) is 4.98 Å². The minimum Gasteiger partial charge on any atom is -0.491 e. The Hall–Kier alpha value is -3.41. The Morgan fingerprint density at radius 3 is 2.63 bits per heavy atom. The number of nitrogens with one attached hydrogen (secondary N) is 1.